The minimum Gasteiger partial charge on any atom is -0.339 e. The number of urea groups is 1. The lowest BCUT2D eigenvalue weighted by Gasteiger charge is -2.21. The first-order valence-electron chi connectivity index (χ1n) is 8.67. The van der Waals surface area contributed by atoms with Gasteiger partial charge in [0.25, 0.3) is 5.91 Å². The van der Waals surface area contributed by atoms with E-state index < -0.39 is 0 Å². The van der Waals surface area contributed by atoms with Gasteiger partial charge < -0.3 is 10.2 Å². The van der Waals surface area contributed by atoms with E-state index in [2.05, 4.69) is 17.4 Å². The molecule has 0 aromatic heterocycles. The molecule has 3 amide bonds. The highest BCUT2D eigenvalue weighted by Gasteiger charge is 2.21. The van der Waals surface area contributed by atoms with Gasteiger partial charge in [0.15, 0.2) is 0 Å². The molecule has 1 N–H and O–H groups in total. The number of nitrogens with one attached hydrogen (secondary N) is 1. The van der Waals surface area contributed by atoms with Gasteiger partial charge in [0, 0.05) is 37.4 Å². The fourth-order valence-corrected chi connectivity index (χ4v) is 3.00. The van der Waals surface area contributed by atoms with Crippen LogP contribution < -0.4 is 10.2 Å². The lowest BCUT2D eigenvalue weighted by molar-refractivity contribution is 0.0766. The van der Waals surface area contributed by atoms with Gasteiger partial charge in [-0.2, -0.15) is 0 Å². The number of likely N-dealkylation sites (N-methyl/N-ethyl adjacent to an activating group) is 1. The van der Waals surface area contributed by atoms with Crippen molar-refractivity contribution >= 4 is 17.6 Å². The zero-order valence-corrected chi connectivity index (χ0v) is 14.4. The maximum Gasteiger partial charge on any atom is 0.321 e. The smallest absolute Gasteiger partial charge is 0.321 e. The summed E-state index contributed by atoms with van der Waals surface area (Å²) in [7, 11) is 0. The molecule has 5 nitrogen and oxygen atoms in total. The van der Waals surface area contributed by atoms with E-state index in [4.69, 9.17) is 0 Å². The summed E-state index contributed by atoms with van der Waals surface area (Å²) in [6.07, 6.45) is 0.840. The van der Waals surface area contributed by atoms with Crippen LogP contribution in [0.15, 0.2) is 54.6 Å². The quantitative estimate of drug-likeness (QED) is 0.881. The van der Waals surface area contributed by atoms with Crippen LogP contribution in [0.1, 0.15) is 22.8 Å². The molecule has 0 radical (unpaired) electrons. The molecule has 2 aromatic rings. The molecule has 1 aliphatic heterocycles. The topological polar surface area (TPSA) is 52.7 Å². The lowest BCUT2D eigenvalue weighted by Crippen LogP contribution is -2.33. The van der Waals surface area contributed by atoms with Crippen molar-refractivity contribution in [2.75, 3.05) is 31.1 Å². The van der Waals surface area contributed by atoms with Crippen molar-refractivity contribution in [3.05, 3.63) is 65.7 Å². The molecule has 5 heteroatoms. The summed E-state index contributed by atoms with van der Waals surface area (Å²) in [6.45, 7) is 4.66. The van der Waals surface area contributed by atoms with Crippen LogP contribution in [0.5, 0.6) is 0 Å². The Hall–Kier alpha value is -2.82. The maximum atomic E-state index is 12.7. The van der Waals surface area contributed by atoms with Gasteiger partial charge in [-0.05, 0) is 43.2 Å². The summed E-state index contributed by atoms with van der Waals surface area (Å²) in [5.74, 6) is 0.0239. The van der Waals surface area contributed by atoms with Crippen LogP contribution in [0.4, 0.5) is 10.5 Å². The Morgan fingerprint density at radius 2 is 1.84 bits per heavy atom. The van der Waals surface area contributed by atoms with E-state index >= 15 is 0 Å². The van der Waals surface area contributed by atoms with Crippen molar-refractivity contribution in [3.8, 4) is 0 Å². The molecule has 0 aliphatic carbocycles. The van der Waals surface area contributed by atoms with Crippen LogP contribution in [0.3, 0.4) is 0 Å². The summed E-state index contributed by atoms with van der Waals surface area (Å²) < 4.78 is 0. The van der Waals surface area contributed by atoms with Gasteiger partial charge >= 0.3 is 6.03 Å². The van der Waals surface area contributed by atoms with E-state index in [0.717, 1.165) is 12.1 Å². The lowest BCUT2D eigenvalue weighted by atomic mass is 10.1. The molecule has 0 saturated carbocycles. The average molecular weight is 337 g/mol. The number of carbonyl (C=O) groups excluding carboxylic acids is 2. The average Bonchev–Trinajstić information content (AvgIpc) is 3.09. The number of carbonyl (C=O) groups is 2. The largest absolute Gasteiger partial charge is 0.339 e. The molecule has 1 aliphatic rings. The fourth-order valence-electron chi connectivity index (χ4n) is 3.00. The molecular weight excluding hydrogens is 314 g/mol. The first-order valence-corrected chi connectivity index (χ1v) is 8.67. The highest BCUT2D eigenvalue weighted by Crippen LogP contribution is 2.18. The van der Waals surface area contributed by atoms with Gasteiger partial charge in [0.1, 0.15) is 0 Å². The number of nitrogens with zero attached hydrogens (tertiary/aromatic N) is 2. The van der Waals surface area contributed by atoms with Crippen molar-refractivity contribution in [3.63, 3.8) is 0 Å². The zero-order chi connectivity index (χ0) is 17.6. The molecule has 2 aromatic carbocycles. The zero-order valence-electron chi connectivity index (χ0n) is 14.4. The highest BCUT2D eigenvalue weighted by molar-refractivity contribution is 5.97. The van der Waals surface area contributed by atoms with E-state index in [9.17, 15) is 9.59 Å². The molecule has 0 atom stereocenters. The van der Waals surface area contributed by atoms with E-state index in [1.54, 1.807) is 17.0 Å². The van der Waals surface area contributed by atoms with Crippen molar-refractivity contribution in [1.29, 1.82) is 0 Å². The Bertz CT molecular complexity index is 728. The summed E-state index contributed by atoms with van der Waals surface area (Å²) in [5.41, 5.74) is 2.70. The molecule has 0 bridgehead atoms. The van der Waals surface area contributed by atoms with Crippen LogP contribution in [0.2, 0.25) is 0 Å². The SMILES string of the molecule is CCN(CCc1ccccc1)C(=O)c1ccc(N2CCNC2=O)cc1. The molecule has 3 rings (SSSR count). The van der Waals surface area contributed by atoms with Crippen LogP contribution in [-0.4, -0.2) is 43.0 Å². The molecule has 0 unspecified atom stereocenters. The number of hydrogen-bond donors (Lipinski definition) is 1. The third kappa shape index (κ3) is 3.99. The van der Waals surface area contributed by atoms with Crippen molar-refractivity contribution < 1.29 is 9.59 Å². The van der Waals surface area contributed by atoms with Crippen LogP contribution >= 0.6 is 0 Å². The second-order valence-corrected chi connectivity index (χ2v) is 6.05. The summed E-state index contributed by atoms with van der Waals surface area (Å²) >= 11 is 0. The van der Waals surface area contributed by atoms with Gasteiger partial charge in [-0.3, -0.25) is 9.69 Å². The molecule has 0 spiro atoms. The van der Waals surface area contributed by atoms with Crippen molar-refractivity contribution in [2.24, 2.45) is 0 Å². The number of rotatable bonds is 6. The summed E-state index contributed by atoms with van der Waals surface area (Å²) in [4.78, 5) is 28.0. The first-order chi connectivity index (χ1) is 12.2. The normalized spacial score (nSPS) is 13.6. The van der Waals surface area contributed by atoms with Gasteiger partial charge in [-0.1, -0.05) is 30.3 Å². The molecular formula is C20H23N3O2. The summed E-state index contributed by atoms with van der Waals surface area (Å²) in [5, 5.41) is 2.78. The number of amides is 3. The predicted molar refractivity (Wildman–Crippen MR) is 98.9 cm³/mol. The molecule has 130 valence electrons. The van der Waals surface area contributed by atoms with Crippen molar-refractivity contribution in [1.82, 2.24) is 10.2 Å². The Balaban J connectivity index is 1.65. The predicted octanol–water partition coefficient (Wildman–Crippen LogP) is 2.92. The maximum absolute atomic E-state index is 12.7. The second-order valence-electron chi connectivity index (χ2n) is 6.05. The van der Waals surface area contributed by atoms with E-state index in [0.29, 0.717) is 31.7 Å². The Kier molecular flexibility index (Phi) is 5.33. The number of hydrogen-bond acceptors (Lipinski definition) is 2. The van der Waals surface area contributed by atoms with Crippen LogP contribution in [0, 0.1) is 0 Å². The minimum absolute atomic E-state index is 0.0239. The Morgan fingerprint density at radius 3 is 2.44 bits per heavy atom. The second kappa shape index (κ2) is 7.83. The highest BCUT2D eigenvalue weighted by atomic mass is 16.2. The first kappa shape index (κ1) is 17.0. The fraction of sp³-hybridized carbons (Fsp3) is 0.300. The molecule has 1 fully saturated rings. The van der Waals surface area contributed by atoms with E-state index in [-0.39, 0.29) is 11.9 Å². The molecule has 1 saturated heterocycles. The molecule has 25 heavy (non-hydrogen) atoms. The third-order valence-electron chi connectivity index (χ3n) is 4.46. The van der Waals surface area contributed by atoms with Gasteiger partial charge in [0.2, 0.25) is 0 Å². The number of benzene rings is 2. The Labute approximate surface area is 148 Å². The van der Waals surface area contributed by atoms with Crippen LogP contribution in [0.25, 0.3) is 0 Å². The van der Waals surface area contributed by atoms with Crippen molar-refractivity contribution in [2.45, 2.75) is 13.3 Å². The minimum atomic E-state index is -0.0860. The van der Waals surface area contributed by atoms with Gasteiger partial charge in [-0.25, -0.2) is 4.79 Å². The van der Waals surface area contributed by atoms with Gasteiger partial charge in [-0.15, -0.1) is 0 Å². The monoisotopic (exact) mass is 337 g/mol. The summed E-state index contributed by atoms with van der Waals surface area (Å²) in [6, 6.07) is 17.4. The van der Waals surface area contributed by atoms with Gasteiger partial charge in [0.05, 0.1) is 0 Å². The third-order valence-corrected chi connectivity index (χ3v) is 4.46. The van der Waals surface area contributed by atoms with E-state index in [1.807, 2.05) is 42.2 Å². The van der Waals surface area contributed by atoms with E-state index in [1.165, 1.54) is 5.56 Å². The Morgan fingerprint density at radius 1 is 1.12 bits per heavy atom. The number of anilines is 1. The standard InChI is InChI=1S/C20H23N3O2/c1-2-22(14-12-16-6-4-3-5-7-16)19(24)17-8-10-18(11-9-17)23-15-13-21-20(23)25/h3-11H,2,12-15H2,1H3,(H,21,25). The molecule has 1 heterocycles. The van der Waals surface area contributed by atoms with Crippen LogP contribution in [-0.2, 0) is 6.42 Å².